The first-order chi connectivity index (χ1) is 15.4. The molecule has 13 nitrogen and oxygen atoms in total. The van der Waals surface area contributed by atoms with Crippen molar-refractivity contribution in [1.29, 1.82) is 0 Å². The molecule has 14 heteroatoms. The highest BCUT2D eigenvalue weighted by molar-refractivity contribution is 7.18. The van der Waals surface area contributed by atoms with Crippen molar-refractivity contribution in [1.82, 2.24) is 10.3 Å². The summed E-state index contributed by atoms with van der Waals surface area (Å²) >= 11 is 0.721. The normalized spacial score (nSPS) is 10.4. The SMILES string of the molecule is O=C(O)NCCOCCOCCC(=O)Nc1ccccc1C(=O)Nc1ncc([N+](=O)[O-])s1. The lowest BCUT2D eigenvalue weighted by molar-refractivity contribution is -0.380. The number of para-hydroxylation sites is 1. The molecule has 0 aliphatic rings. The largest absolute Gasteiger partial charge is 0.465 e. The van der Waals surface area contributed by atoms with Gasteiger partial charge in [0.1, 0.15) is 6.20 Å². The third-order valence-electron chi connectivity index (χ3n) is 3.71. The molecule has 0 radical (unpaired) electrons. The minimum Gasteiger partial charge on any atom is -0.465 e. The Morgan fingerprint density at radius 2 is 1.81 bits per heavy atom. The topological polar surface area (TPSA) is 182 Å². The van der Waals surface area contributed by atoms with Gasteiger partial charge in [-0.25, -0.2) is 9.78 Å². The maximum absolute atomic E-state index is 12.5. The van der Waals surface area contributed by atoms with Crippen molar-refractivity contribution in [3.63, 3.8) is 0 Å². The van der Waals surface area contributed by atoms with Gasteiger partial charge in [-0.1, -0.05) is 12.1 Å². The van der Waals surface area contributed by atoms with Crippen molar-refractivity contribution in [2.24, 2.45) is 0 Å². The van der Waals surface area contributed by atoms with Crippen LogP contribution in [0.15, 0.2) is 30.5 Å². The van der Waals surface area contributed by atoms with Gasteiger partial charge in [-0.05, 0) is 23.5 Å². The van der Waals surface area contributed by atoms with E-state index >= 15 is 0 Å². The van der Waals surface area contributed by atoms with Gasteiger partial charge in [0.2, 0.25) is 5.91 Å². The zero-order chi connectivity index (χ0) is 23.3. The Balaban J connectivity index is 1.74. The van der Waals surface area contributed by atoms with E-state index in [0.29, 0.717) is 0 Å². The third kappa shape index (κ3) is 8.63. The molecule has 2 aromatic rings. The van der Waals surface area contributed by atoms with Crippen LogP contribution in [0.2, 0.25) is 0 Å². The molecule has 32 heavy (non-hydrogen) atoms. The van der Waals surface area contributed by atoms with E-state index in [9.17, 15) is 24.5 Å². The van der Waals surface area contributed by atoms with E-state index in [4.69, 9.17) is 14.6 Å². The number of carboxylic acid groups (broad SMARTS) is 1. The number of hydrogen-bond donors (Lipinski definition) is 4. The van der Waals surface area contributed by atoms with Crippen LogP contribution < -0.4 is 16.0 Å². The summed E-state index contributed by atoms with van der Waals surface area (Å²) in [7, 11) is 0. The van der Waals surface area contributed by atoms with Crippen LogP contribution in [-0.2, 0) is 14.3 Å². The summed E-state index contributed by atoms with van der Waals surface area (Å²) < 4.78 is 10.4. The van der Waals surface area contributed by atoms with E-state index < -0.39 is 16.9 Å². The molecule has 4 N–H and O–H groups in total. The molecule has 0 unspecified atom stereocenters. The Morgan fingerprint density at radius 1 is 1.09 bits per heavy atom. The lowest BCUT2D eigenvalue weighted by Crippen LogP contribution is -2.25. The van der Waals surface area contributed by atoms with Crippen LogP contribution in [0, 0.1) is 10.1 Å². The highest BCUT2D eigenvalue weighted by atomic mass is 32.1. The highest BCUT2D eigenvalue weighted by Crippen LogP contribution is 2.26. The summed E-state index contributed by atoms with van der Waals surface area (Å²) in [5, 5.41) is 26.3. The van der Waals surface area contributed by atoms with Gasteiger partial charge in [0, 0.05) is 6.54 Å². The first kappa shape index (κ1) is 24.6. The minimum atomic E-state index is -1.12. The first-order valence-corrected chi connectivity index (χ1v) is 10.1. The average Bonchev–Trinajstić information content (AvgIpc) is 3.21. The number of carbonyl (C=O) groups excluding carboxylic acids is 2. The molecule has 0 saturated carbocycles. The number of nitrogens with zero attached hydrogens (tertiary/aromatic N) is 2. The minimum absolute atomic E-state index is 0.0369. The van der Waals surface area contributed by atoms with Crippen molar-refractivity contribution < 1.29 is 33.9 Å². The molecule has 0 atom stereocenters. The second-order valence-electron chi connectivity index (χ2n) is 6.02. The molecule has 0 saturated heterocycles. The van der Waals surface area contributed by atoms with Gasteiger partial charge in [-0.15, -0.1) is 0 Å². The Hall–Kier alpha value is -3.62. The summed E-state index contributed by atoms with van der Waals surface area (Å²) in [5.41, 5.74) is 0.443. The number of carbonyl (C=O) groups is 3. The number of amides is 3. The number of nitrogens with one attached hydrogen (secondary N) is 3. The van der Waals surface area contributed by atoms with E-state index in [1.807, 2.05) is 0 Å². The van der Waals surface area contributed by atoms with Gasteiger partial charge < -0.3 is 25.2 Å². The fourth-order valence-electron chi connectivity index (χ4n) is 2.29. The van der Waals surface area contributed by atoms with Gasteiger partial charge in [0.15, 0.2) is 5.13 Å². The fourth-order valence-corrected chi connectivity index (χ4v) is 2.92. The average molecular weight is 467 g/mol. The monoisotopic (exact) mass is 467 g/mol. The van der Waals surface area contributed by atoms with Crippen molar-refractivity contribution in [2.45, 2.75) is 6.42 Å². The molecule has 0 aliphatic carbocycles. The van der Waals surface area contributed by atoms with Crippen LogP contribution in [0.5, 0.6) is 0 Å². The van der Waals surface area contributed by atoms with Crippen molar-refractivity contribution >= 4 is 45.1 Å². The smallest absolute Gasteiger partial charge is 0.404 e. The molecule has 0 fully saturated rings. The molecule has 0 bridgehead atoms. The number of benzene rings is 1. The molecule has 1 aromatic carbocycles. The quantitative estimate of drug-likeness (QED) is 0.194. The Bertz CT molecular complexity index is 951. The van der Waals surface area contributed by atoms with E-state index in [1.165, 1.54) is 6.07 Å². The van der Waals surface area contributed by atoms with Gasteiger partial charge in [0.05, 0.1) is 49.0 Å². The highest BCUT2D eigenvalue weighted by Gasteiger charge is 2.17. The number of hydrogen-bond acceptors (Lipinski definition) is 9. The molecule has 2 rings (SSSR count). The number of thiazole rings is 1. The van der Waals surface area contributed by atoms with Crippen LogP contribution in [0.25, 0.3) is 0 Å². The number of nitro groups is 1. The predicted molar refractivity (Wildman–Crippen MR) is 114 cm³/mol. The van der Waals surface area contributed by atoms with E-state index in [1.54, 1.807) is 18.2 Å². The zero-order valence-electron chi connectivity index (χ0n) is 16.7. The van der Waals surface area contributed by atoms with Crippen LogP contribution in [0.1, 0.15) is 16.8 Å². The third-order valence-corrected chi connectivity index (χ3v) is 4.57. The maximum Gasteiger partial charge on any atom is 0.404 e. The summed E-state index contributed by atoms with van der Waals surface area (Å²) in [4.78, 5) is 48.8. The Morgan fingerprint density at radius 3 is 2.50 bits per heavy atom. The molecular formula is C18H21N5O8S. The second kappa shape index (κ2) is 12.9. The summed E-state index contributed by atoms with van der Waals surface area (Å²) in [6, 6.07) is 6.31. The molecular weight excluding hydrogens is 446 g/mol. The van der Waals surface area contributed by atoms with Gasteiger partial charge in [-0.2, -0.15) is 0 Å². The van der Waals surface area contributed by atoms with Crippen LogP contribution in [-0.4, -0.2) is 65.9 Å². The molecule has 1 heterocycles. The van der Waals surface area contributed by atoms with Crippen LogP contribution in [0.3, 0.4) is 0 Å². The number of rotatable bonds is 13. The van der Waals surface area contributed by atoms with E-state index in [-0.39, 0.29) is 66.7 Å². The lowest BCUT2D eigenvalue weighted by Gasteiger charge is -2.11. The van der Waals surface area contributed by atoms with Gasteiger partial charge in [-0.3, -0.25) is 25.0 Å². The van der Waals surface area contributed by atoms with E-state index in [2.05, 4.69) is 20.9 Å². The first-order valence-electron chi connectivity index (χ1n) is 9.29. The standard InChI is InChI=1S/C18H21N5O8S/c24-14(5-7-30-9-10-31-8-6-19-18(26)27)21-13-4-2-1-3-12(13)16(25)22-17-20-11-15(32-17)23(28)29/h1-4,11,19H,5-10H2,(H,21,24)(H,26,27)(H,20,22,25). The van der Waals surface area contributed by atoms with Crippen molar-refractivity contribution in [3.05, 3.63) is 46.1 Å². The summed E-state index contributed by atoms with van der Waals surface area (Å²) in [6.07, 6.45) is -0.0386. The predicted octanol–water partition coefficient (Wildman–Crippen LogP) is 1.93. The van der Waals surface area contributed by atoms with E-state index in [0.717, 1.165) is 17.5 Å². The fraction of sp³-hybridized carbons (Fsp3) is 0.333. The lowest BCUT2D eigenvalue weighted by atomic mass is 10.1. The van der Waals surface area contributed by atoms with Crippen molar-refractivity contribution in [3.8, 4) is 0 Å². The second-order valence-corrected chi connectivity index (χ2v) is 7.02. The van der Waals surface area contributed by atoms with Gasteiger partial charge >= 0.3 is 11.1 Å². The maximum atomic E-state index is 12.5. The van der Waals surface area contributed by atoms with Gasteiger partial charge in [0.25, 0.3) is 5.91 Å². The summed E-state index contributed by atoms with van der Waals surface area (Å²) in [5.74, 6) is -0.947. The zero-order valence-corrected chi connectivity index (χ0v) is 17.6. The molecule has 172 valence electrons. The number of ether oxygens (including phenoxy) is 2. The number of anilines is 2. The van der Waals surface area contributed by atoms with Crippen molar-refractivity contribution in [2.75, 3.05) is 43.6 Å². The molecule has 1 aromatic heterocycles. The summed E-state index contributed by atoms with van der Waals surface area (Å²) in [6.45, 7) is 0.993. The van der Waals surface area contributed by atoms with Crippen LogP contribution in [0.4, 0.5) is 20.6 Å². The Kier molecular flexibility index (Phi) is 9.96. The number of aromatic nitrogens is 1. The van der Waals surface area contributed by atoms with Crippen LogP contribution >= 0.6 is 11.3 Å². The molecule has 3 amide bonds. The molecule has 0 aliphatic heterocycles. The molecule has 0 spiro atoms. The Labute approximate surface area is 185 Å².